The number of nitrogens with zero attached hydrogens (tertiary/aromatic N) is 2. The van der Waals surface area contributed by atoms with E-state index in [4.69, 9.17) is 0 Å². The highest BCUT2D eigenvalue weighted by molar-refractivity contribution is 6.05. The number of aromatic nitrogens is 3. The van der Waals surface area contributed by atoms with Crippen LogP contribution in [0.2, 0.25) is 0 Å². The zero-order valence-corrected chi connectivity index (χ0v) is 12.6. The van der Waals surface area contributed by atoms with Crippen LogP contribution in [-0.2, 0) is 0 Å². The Morgan fingerprint density at radius 1 is 1.32 bits per heavy atom. The predicted molar refractivity (Wildman–Crippen MR) is 86.5 cm³/mol. The maximum Gasteiger partial charge on any atom is 0.272 e. The molecule has 0 saturated heterocycles. The lowest BCUT2D eigenvalue weighted by atomic mass is 10.0. The first-order valence-corrected chi connectivity index (χ1v) is 7.38. The first-order valence-electron chi connectivity index (χ1n) is 7.38. The Labute approximate surface area is 128 Å². The molecule has 1 atom stereocenters. The van der Waals surface area contributed by atoms with E-state index in [-0.39, 0.29) is 11.9 Å². The number of hydrogen-bond acceptors (Lipinski definition) is 3. The number of hydrogen-bond donors (Lipinski definition) is 2. The van der Waals surface area contributed by atoms with Gasteiger partial charge in [0.15, 0.2) is 5.69 Å². The van der Waals surface area contributed by atoms with Gasteiger partial charge >= 0.3 is 0 Å². The molecule has 3 rings (SSSR count). The van der Waals surface area contributed by atoms with Gasteiger partial charge in [-0.25, -0.2) is 0 Å². The van der Waals surface area contributed by atoms with E-state index in [1.807, 2.05) is 44.2 Å². The molecule has 112 valence electrons. The van der Waals surface area contributed by atoms with Crippen LogP contribution < -0.4 is 5.32 Å². The predicted octanol–water partition coefficient (Wildman–Crippen LogP) is 3.15. The van der Waals surface area contributed by atoms with Crippen molar-refractivity contribution in [1.29, 1.82) is 0 Å². The van der Waals surface area contributed by atoms with Crippen molar-refractivity contribution in [2.45, 2.75) is 26.3 Å². The highest BCUT2D eigenvalue weighted by Crippen LogP contribution is 2.24. The van der Waals surface area contributed by atoms with Crippen LogP contribution in [0.5, 0.6) is 0 Å². The molecule has 0 saturated carbocycles. The van der Waals surface area contributed by atoms with E-state index in [2.05, 4.69) is 20.5 Å². The largest absolute Gasteiger partial charge is 0.348 e. The molecule has 0 fully saturated rings. The highest BCUT2D eigenvalue weighted by atomic mass is 16.2. The molecule has 2 N–H and O–H groups in total. The lowest BCUT2D eigenvalue weighted by Gasteiger charge is -2.10. The van der Waals surface area contributed by atoms with Gasteiger partial charge in [-0.15, -0.1) is 0 Å². The van der Waals surface area contributed by atoms with Gasteiger partial charge in [0.05, 0.1) is 5.52 Å². The Bertz CT molecular complexity index is 795. The molecular formula is C17H18N4O. The van der Waals surface area contributed by atoms with E-state index in [1.54, 1.807) is 12.4 Å². The summed E-state index contributed by atoms with van der Waals surface area (Å²) in [6.07, 6.45) is 4.43. The third kappa shape index (κ3) is 2.70. The first-order chi connectivity index (χ1) is 10.7. The summed E-state index contributed by atoms with van der Waals surface area (Å²) >= 11 is 0. The average Bonchev–Trinajstić information content (AvgIpc) is 2.98. The molecule has 0 radical (unpaired) electrons. The summed E-state index contributed by atoms with van der Waals surface area (Å²) in [5, 5.41) is 10.8. The number of carbonyl (C=O) groups excluding carboxylic acids is 1. The van der Waals surface area contributed by atoms with E-state index in [1.165, 1.54) is 0 Å². The van der Waals surface area contributed by atoms with Crippen molar-refractivity contribution in [2.75, 3.05) is 0 Å². The van der Waals surface area contributed by atoms with Crippen LogP contribution >= 0.6 is 0 Å². The zero-order valence-electron chi connectivity index (χ0n) is 12.6. The summed E-state index contributed by atoms with van der Waals surface area (Å²) in [7, 11) is 0. The van der Waals surface area contributed by atoms with Crippen LogP contribution in [0.25, 0.3) is 22.0 Å². The van der Waals surface area contributed by atoms with Crippen LogP contribution in [0.4, 0.5) is 0 Å². The number of fused-ring (bicyclic) bond motifs is 1. The normalized spacial score (nSPS) is 12.3. The highest BCUT2D eigenvalue weighted by Gasteiger charge is 2.16. The lowest BCUT2D eigenvalue weighted by Crippen LogP contribution is -2.32. The molecule has 0 unspecified atom stereocenters. The van der Waals surface area contributed by atoms with Crippen molar-refractivity contribution >= 4 is 16.8 Å². The van der Waals surface area contributed by atoms with Crippen LogP contribution in [0.1, 0.15) is 30.8 Å². The zero-order chi connectivity index (χ0) is 15.5. The summed E-state index contributed by atoms with van der Waals surface area (Å²) in [5.74, 6) is -0.149. The second-order valence-electron chi connectivity index (χ2n) is 5.36. The van der Waals surface area contributed by atoms with Crippen molar-refractivity contribution in [3.8, 4) is 11.1 Å². The molecule has 0 aliphatic carbocycles. The minimum absolute atomic E-state index is 0.126. The van der Waals surface area contributed by atoms with Crippen molar-refractivity contribution in [2.24, 2.45) is 0 Å². The van der Waals surface area contributed by atoms with Gasteiger partial charge in [-0.3, -0.25) is 14.9 Å². The number of benzene rings is 1. The lowest BCUT2D eigenvalue weighted by molar-refractivity contribution is 0.0936. The number of pyridine rings is 1. The van der Waals surface area contributed by atoms with Gasteiger partial charge in [0.1, 0.15) is 0 Å². The van der Waals surface area contributed by atoms with Crippen molar-refractivity contribution in [3.63, 3.8) is 0 Å². The van der Waals surface area contributed by atoms with E-state index in [0.717, 1.165) is 28.5 Å². The van der Waals surface area contributed by atoms with Crippen molar-refractivity contribution < 1.29 is 4.79 Å². The Kier molecular flexibility index (Phi) is 3.87. The molecule has 0 bridgehead atoms. The van der Waals surface area contributed by atoms with Crippen molar-refractivity contribution in [1.82, 2.24) is 20.5 Å². The van der Waals surface area contributed by atoms with E-state index >= 15 is 0 Å². The number of H-pyrrole nitrogens is 1. The molecule has 0 aliphatic heterocycles. The molecule has 2 heterocycles. The molecule has 22 heavy (non-hydrogen) atoms. The SMILES string of the molecule is CC[C@H](C)NC(=O)c1n[nH]c2ccc(-c3cccnc3)cc12. The number of rotatable bonds is 4. The van der Waals surface area contributed by atoms with Gasteiger partial charge < -0.3 is 5.32 Å². The van der Waals surface area contributed by atoms with Crippen molar-refractivity contribution in [3.05, 3.63) is 48.4 Å². The quantitative estimate of drug-likeness (QED) is 0.776. The summed E-state index contributed by atoms with van der Waals surface area (Å²) < 4.78 is 0. The Balaban J connectivity index is 2.01. The summed E-state index contributed by atoms with van der Waals surface area (Å²) in [6.45, 7) is 4.02. The van der Waals surface area contributed by atoms with Gasteiger partial charge in [-0.2, -0.15) is 5.10 Å². The molecule has 0 spiro atoms. The molecule has 5 heteroatoms. The van der Waals surface area contributed by atoms with Crippen LogP contribution in [0, 0.1) is 0 Å². The average molecular weight is 294 g/mol. The number of amides is 1. The van der Waals surface area contributed by atoms with E-state index in [0.29, 0.717) is 5.69 Å². The molecule has 2 aromatic heterocycles. The second-order valence-corrected chi connectivity index (χ2v) is 5.36. The molecule has 5 nitrogen and oxygen atoms in total. The molecule has 3 aromatic rings. The molecular weight excluding hydrogens is 276 g/mol. The summed E-state index contributed by atoms with van der Waals surface area (Å²) in [5.41, 5.74) is 3.31. The van der Waals surface area contributed by atoms with E-state index in [9.17, 15) is 4.79 Å². The standard InChI is InChI=1S/C17H18N4O/c1-3-11(2)19-17(22)16-14-9-12(6-7-15(14)20-21-16)13-5-4-8-18-10-13/h4-11H,3H2,1-2H3,(H,19,22)(H,20,21)/t11-/m0/s1. The molecule has 1 amide bonds. The second kappa shape index (κ2) is 5.97. The summed E-state index contributed by atoms with van der Waals surface area (Å²) in [6, 6.07) is 9.92. The minimum atomic E-state index is -0.149. The number of carbonyl (C=O) groups is 1. The first kappa shape index (κ1) is 14.3. The van der Waals surface area contributed by atoms with Gasteiger partial charge in [-0.1, -0.05) is 19.1 Å². The maximum absolute atomic E-state index is 12.3. The Morgan fingerprint density at radius 3 is 2.91 bits per heavy atom. The number of aromatic amines is 1. The monoisotopic (exact) mass is 294 g/mol. The smallest absolute Gasteiger partial charge is 0.272 e. The van der Waals surface area contributed by atoms with E-state index < -0.39 is 0 Å². The fraction of sp³-hybridized carbons (Fsp3) is 0.235. The third-order valence-electron chi connectivity index (χ3n) is 3.76. The van der Waals surface area contributed by atoms with Crippen LogP contribution in [0.3, 0.4) is 0 Å². The van der Waals surface area contributed by atoms with Gasteiger partial charge in [-0.05, 0) is 37.1 Å². The fourth-order valence-electron chi connectivity index (χ4n) is 2.29. The van der Waals surface area contributed by atoms with Crippen LogP contribution in [-0.4, -0.2) is 27.1 Å². The van der Waals surface area contributed by atoms with Gasteiger partial charge in [0.25, 0.3) is 5.91 Å². The Morgan fingerprint density at radius 2 is 2.18 bits per heavy atom. The minimum Gasteiger partial charge on any atom is -0.348 e. The fourth-order valence-corrected chi connectivity index (χ4v) is 2.29. The molecule has 0 aliphatic rings. The topological polar surface area (TPSA) is 70.7 Å². The summed E-state index contributed by atoms with van der Waals surface area (Å²) in [4.78, 5) is 16.5. The molecule has 1 aromatic carbocycles. The number of nitrogens with one attached hydrogen (secondary N) is 2. The third-order valence-corrected chi connectivity index (χ3v) is 3.76. The maximum atomic E-state index is 12.3. The Hall–Kier alpha value is -2.69. The van der Waals surface area contributed by atoms with Gasteiger partial charge in [0, 0.05) is 29.4 Å². The van der Waals surface area contributed by atoms with Crippen LogP contribution in [0.15, 0.2) is 42.7 Å². The van der Waals surface area contributed by atoms with Gasteiger partial charge in [0.2, 0.25) is 0 Å².